The first-order valence-corrected chi connectivity index (χ1v) is 16.7. The Bertz CT molecular complexity index is 1690. The number of carbonyl (C=O) groups is 1. The van der Waals surface area contributed by atoms with Gasteiger partial charge in [-0.1, -0.05) is 24.3 Å². The number of benzene rings is 3. The van der Waals surface area contributed by atoms with E-state index >= 15 is 0 Å². The molecular weight excluding hydrogens is 568 g/mol. The Morgan fingerprint density at radius 2 is 1.47 bits per heavy atom. The van der Waals surface area contributed by atoms with E-state index in [0.717, 1.165) is 55.3 Å². The summed E-state index contributed by atoms with van der Waals surface area (Å²) in [6.45, 7) is 1.18. The van der Waals surface area contributed by atoms with Crippen molar-refractivity contribution >= 4 is 15.7 Å². The van der Waals surface area contributed by atoms with Crippen LogP contribution < -0.4 is 0 Å². The summed E-state index contributed by atoms with van der Waals surface area (Å²) in [4.78, 5) is 16.2. The SMILES string of the molecule is CS(=O)(=O)c1ccc(CC2CCC(c3c(C(=O)N4CCC(c5ccc(F)cc5)C4)cnn3-c3ccc(F)cc3)CC2)cc1. The Hall–Kier alpha value is -3.85. The molecule has 1 unspecified atom stereocenters. The number of amides is 1. The van der Waals surface area contributed by atoms with Gasteiger partial charge in [0, 0.05) is 31.2 Å². The van der Waals surface area contributed by atoms with Crippen molar-refractivity contribution < 1.29 is 22.0 Å². The fraction of sp³-hybridized carbons (Fsp3) is 0.353. The summed E-state index contributed by atoms with van der Waals surface area (Å²) in [5.74, 6) is 0.0700. The molecular formula is C34H35F2N3O3S. The highest BCUT2D eigenvalue weighted by Crippen LogP contribution is 2.40. The van der Waals surface area contributed by atoms with Gasteiger partial charge in [0.1, 0.15) is 11.6 Å². The molecule has 1 amide bonds. The van der Waals surface area contributed by atoms with E-state index < -0.39 is 9.84 Å². The molecule has 2 aliphatic rings. The van der Waals surface area contributed by atoms with Gasteiger partial charge in [-0.2, -0.15) is 5.10 Å². The average Bonchev–Trinajstić information content (AvgIpc) is 3.67. The minimum Gasteiger partial charge on any atom is -0.338 e. The Balaban J connectivity index is 1.20. The second-order valence-corrected chi connectivity index (χ2v) is 14.0. The van der Waals surface area contributed by atoms with Gasteiger partial charge in [-0.3, -0.25) is 4.79 Å². The lowest BCUT2D eigenvalue weighted by atomic mass is 9.77. The average molecular weight is 604 g/mol. The molecule has 6 rings (SSSR count). The van der Waals surface area contributed by atoms with Crippen molar-refractivity contribution in [2.24, 2.45) is 5.92 Å². The summed E-state index contributed by atoms with van der Waals surface area (Å²) in [7, 11) is -3.22. The van der Waals surface area contributed by atoms with Gasteiger partial charge < -0.3 is 4.90 Å². The van der Waals surface area contributed by atoms with E-state index in [1.165, 1.54) is 30.5 Å². The van der Waals surface area contributed by atoms with Crippen LogP contribution in [0.3, 0.4) is 0 Å². The van der Waals surface area contributed by atoms with Crippen LogP contribution in [0.2, 0.25) is 0 Å². The molecule has 2 heterocycles. The second-order valence-electron chi connectivity index (χ2n) is 12.0. The molecule has 0 spiro atoms. The Morgan fingerprint density at radius 1 is 0.837 bits per heavy atom. The van der Waals surface area contributed by atoms with Crippen molar-refractivity contribution in [1.29, 1.82) is 0 Å². The lowest BCUT2D eigenvalue weighted by Gasteiger charge is -2.30. The van der Waals surface area contributed by atoms with Crippen LogP contribution in [0.4, 0.5) is 8.78 Å². The summed E-state index contributed by atoms with van der Waals surface area (Å²) in [5.41, 5.74) is 4.33. The number of rotatable bonds is 7. The smallest absolute Gasteiger partial charge is 0.257 e. The molecule has 2 fully saturated rings. The lowest BCUT2D eigenvalue weighted by Crippen LogP contribution is -2.30. The van der Waals surface area contributed by atoms with Crippen molar-refractivity contribution in [3.05, 3.63) is 113 Å². The monoisotopic (exact) mass is 603 g/mol. The van der Waals surface area contributed by atoms with Gasteiger partial charge in [0.15, 0.2) is 9.84 Å². The van der Waals surface area contributed by atoms with Gasteiger partial charge >= 0.3 is 0 Å². The minimum atomic E-state index is -3.22. The van der Waals surface area contributed by atoms with Crippen molar-refractivity contribution in [2.45, 2.75) is 55.3 Å². The number of aromatic nitrogens is 2. The predicted octanol–water partition coefficient (Wildman–Crippen LogP) is 6.70. The maximum Gasteiger partial charge on any atom is 0.257 e. The molecule has 4 aromatic rings. The number of hydrogen-bond donors (Lipinski definition) is 0. The third-order valence-electron chi connectivity index (χ3n) is 9.03. The minimum absolute atomic E-state index is 0.0546. The van der Waals surface area contributed by atoms with Crippen LogP contribution in [-0.2, 0) is 16.3 Å². The molecule has 6 nitrogen and oxygen atoms in total. The first-order chi connectivity index (χ1) is 20.7. The van der Waals surface area contributed by atoms with E-state index in [1.54, 1.807) is 47.3 Å². The normalized spacial score (nSPS) is 20.8. The zero-order valence-corrected chi connectivity index (χ0v) is 24.9. The molecule has 0 radical (unpaired) electrons. The first kappa shape index (κ1) is 29.2. The van der Waals surface area contributed by atoms with E-state index in [2.05, 4.69) is 5.10 Å². The van der Waals surface area contributed by atoms with E-state index in [9.17, 15) is 22.0 Å². The van der Waals surface area contributed by atoms with Crippen LogP contribution >= 0.6 is 0 Å². The third kappa shape index (κ3) is 6.42. The molecule has 9 heteroatoms. The highest BCUT2D eigenvalue weighted by molar-refractivity contribution is 7.90. The maximum atomic E-state index is 14.0. The second kappa shape index (κ2) is 12.0. The number of likely N-dealkylation sites (tertiary alicyclic amines) is 1. The zero-order valence-electron chi connectivity index (χ0n) is 24.1. The van der Waals surface area contributed by atoms with Crippen molar-refractivity contribution in [2.75, 3.05) is 19.3 Å². The van der Waals surface area contributed by atoms with Gasteiger partial charge in [-0.15, -0.1) is 0 Å². The summed E-state index contributed by atoms with van der Waals surface area (Å²) in [6, 6.07) is 19.9. The largest absolute Gasteiger partial charge is 0.338 e. The molecule has 1 atom stereocenters. The van der Waals surface area contributed by atoms with Gasteiger partial charge in [0.05, 0.1) is 28.0 Å². The molecule has 1 aromatic heterocycles. The van der Waals surface area contributed by atoms with Gasteiger partial charge in [0.2, 0.25) is 0 Å². The molecule has 0 N–H and O–H groups in total. The van der Waals surface area contributed by atoms with Gasteiger partial charge in [-0.25, -0.2) is 21.9 Å². The van der Waals surface area contributed by atoms with Crippen molar-refractivity contribution in [3.8, 4) is 5.69 Å². The zero-order chi connectivity index (χ0) is 30.1. The number of hydrogen-bond acceptors (Lipinski definition) is 4. The molecule has 3 aromatic carbocycles. The maximum absolute atomic E-state index is 14.0. The number of nitrogens with zero attached hydrogens (tertiary/aromatic N) is 3. The van der Waals surface area contributed by atoms with Crippen LogP contribution in [0.1, 0.15) is 71.1 Å². The topological polar surface area (TPSA) is 72.3 Å². The van der Waals surface area contributed by atoms with E-state index in [1.807, 2.05) is 17.0 Å². The van der Waals surface area contributed by atoms with Gasteiger partial charge in [0.25, 0.3) is 5.91 Å². The van der Waals surface area contributed by atoms with Crippen LogP contribution in [0.5, 0.6) is 0 Å². The molecule has 1 aliphatic carbocycles. The highest BCUT2D eigenvalue weighted by atomic mass is 32.2. The predicted molar refractivity (Wildman–Crippen MR) is 161 cm³/mol. The Kier molecular flexibility index (Phi) is 8.18. The van der Waals surface area contributed by atoms with Crippen LogP contribution in [0.25, 0.3) is 5.69 Å². The molecule has 1 aliphatic heterocycles. The Labute approximate surface area is 251 Å². The highest BCUT2D eigenvalue weighted by Gasteiger charge is 2.34. The molecule has 1 saturated heterocycles. The van der Waals surface area contributed by atoms with E-state index in [-0.39, 0.29) is 29.4 Å². The van der Waals surface area contributed by atoms with E-state index in [4.69, 9.17) is 0 Å². The number of carbonyl (C=O) groups excluding carboxylic acids is 1. The fourth-order valence-electron chi connectivity index (χ4n) is 6.67. The molecule has 0 bridgehead atoms. The summed E-state index contributed by atoms with van der Waals surface area (Å²) >= 11 is 0. The van der Waals surface area contributed by atoms with Crippen LogP contribution in [0, 0.1) is 17.6 Å². The van der Waals surface area contributed by atoms with Crippen molar-refractivity contribution in [3.63, 3.8) is 0 Å². The molecule has 224 valence electrons. The standard InChI is InChI=1S/C34H35F2N3O3S/c1-43(41,42)31-16-4-24(5-17-31)20-23-2-6-26(7-3-23)33-32(21-37-39(33)30-14-12-29(36)13-15-30)34(40)38-19-18-27(22-38)25-8-10-28(35)11-9-25/h4-5,8-17,21,23,26-27H,2-3,6-7,18-20,22H2,1H3. The molecule has 1 saturated carbocycles. The van der Waals surface area contributed by atoms with E-state index in [0.29, 0.717) is 35.2 Å². The van der Waals surface area contributed by atoms with Crippen molar-refractivity contribution in [1.82, 2.24) is 14.7 Å². The lowest BCUT2D eigenvalue weighted by molar-refractivity contribution is 0.0788. The first-order valence-electron chi connectivity index (χ1n) is 14.8. The number of halogens is 2. The third-order valence-corrected chi connectivity index (χ3v) is 10.2. The summed E-state index contributed by atoms with van der Waals surface area (Å²) in [6.07, 6.45) is 8.27. The fourth-order valence-corrected chi connectivity index (χ4v) is 7.30. The van der Waals surface area contributed by atoms with Crippen LogP contribution in [0.15, 0.2) is 83.9 Å². The van der Waals surface area contributed by atoms with Crippen LogP contribution in [-0.4, -0.2) is 48.4 Å². The summed E-state index contributed by atoms with van der Waals surface area (Å²) < 4.78 is 52.6. The summed E-state index contributed by atoms with van der Waals surface area (Å²) in [5, 5.41) is 4.64. The van der Waals surface area contributed by atoms with Gasteiger partial charge in [-0.05, 0) is 104 Å². The molecule has 43 heavy (non-hydrogen) atoms. The Morgan fingerprint density at radius 3 is 2.09 bits per heavy atom. The quantitative estimate of drug-likeness (QED) is 0.236. The number of sulfone groups is 1.